The first-order chi connectivity index (χ1) is 18.0. The topological polar surface area (TPSA) is 93.5 Å². The molecule has 4 aromatic rings. The van der Waals surface area contributed by atoms with Gasteiger partial charge in [-0.1, -0.05) is 78.9 Å². The molecule has 6 rings (SSSR count). The number of carboxylic acid groups (broad SMARTS) is 1. The molecule has 2 saturated carbocycles. The molecule has 186 valence electrons. The fraction of sp³-hybridized carbons (Fsp3) is 0.233. The van der Waals surface area contributed by atoms with E-state index in [1.54, 1.807) is 6.20 Å². The van der Waals surface area contributed by atoms with Crippen LogP contribution in [0.1, 0.15) is 42.9 Å². The monoisotopic (exact) mass is 493 g/mol. The molecule has 1 heterocycles. The highest BCUT2D eigenvalue weighted by Gasteiger charge is 2.51. The number of amides is 1. The van der Waals surface area contributed by atoms with Crippen LogP contribution in [0, 0.1) is 0 Å². The maximum absolute atomic E-state index is 12.6. The Labute approximate surface area is 214 Å². The van der Waals surface area contributed by atoms with Crippen molar-refractivity contribution in [3.8, 4) is 22.3 Å². The Kier molecular flexibility index (Phi) is 5.75. The van der Waals surface area contributed by atoms with E-state index in [4.69, 9.17) is 4.74 Å². The second kappa shape index (κ2) is 9.24. The maximum atomic E-state index is 12.6. The number of ether oxygens (including phenoxy) is 1. The Balaban J connectivity index is 1.20. The molecule has 37 heavy (non-hydrogen) atoms. The molecule has 1 amide bonds. The maximum Gasteiger partial charge on any atom is 0.413 e. The van der Waals surface area contributed by atoms with Gasteiger partial charge < -0.3 is 9.84 Å². The van der Waals surface area contributed by atoms with Crippen LogP contribution in [-0.4, -0.2) is 26.9 Å². The number of aromatic nitrogens is 2. The van der Waals surface area contributed by atoms with Crippen LogP contribution in [0.3, 0.4) is 0 Å². The molecule has 0 spiro atoms. The van der Waals surface area contributed by atoms with Gasteiger partial charge in [0, 0.05) is 5.56 Å². The molecule has 7 nitrogen and oxygen atoms in total. The van der Waals surface area contributed by atoms with Gasteiger partial charge >= 0.3 is 12.1 Å². The molecule has 2 fully saturated rings. The number of hydrogen-bond donors (Lipinski definition) is 2. The minimum atomic E-state index is -0.746. The largest absolute Gasteiger partial charge is 0.481 e. The molecular weight excluding hydrogens is 466 g/mol. The van der Waals surface area contributed by atoms with Crippen molar-refractivity contribution >= 4 is 17.9 Å². The zero-order valence-corrected chi connectivity index (χ0v) is 20.3. The zero-order chi connectivity index (χ0) is 25.4. The van der Waals surface area contributed by atoms with Gasteiger partial charge in [-0.2, -0.15) is 5.10 Å². The van der Waals surface area contributed by atoms with Crippen LogP contribution in [0.5, 0.6) is 0 Å². The van der Waals surface area contributed by atoms with Gasteiger partial charge in [-0.05, 0) is 53.5 Å². The van der Waals surface area contributed by atoms with E-state index in [0.29, 0.717) is 18.7 Å². The summed E-state index contributed by atoms with van der Waals surface area (Å²) in [5.74, 6) is -0.106. The predicted molar refractivity (Wildman–Crippen MR) is 140 cm³/mol. The van der Waals surface area contributed by atoms with Crippen molar-refractivity contribution in [2.24, 2.45) is 0 Å². The van der Waals surface area contributed by atoms with Crippen molar-refractivity contribution in [1.82, 2.24) is 9.78 Å². The summed E-state index contributed by atoms with van der Waals surface area (Å²) in [6.45, 7) is 0.195. The lowest BCUT2D eigenvalue weighted by Gasteiger charge is -2.12. The van der Waals surface area contributed by atoms with Crippen LogP contribution in [0.4, 0.5) is 10.6 Å². The summed E-state index contributed by atoms with van der Waals surface area (Å²) < 4.78 is 7.33. The third-order valence-corrected chi connectivity index (χ3v) is 7.25. The van der Waals surface area contributed by atoms with Gasteiger partial charge in [0.25, 0.3) is 0 Å². The third kappa shape index (κ3) is 4.60. The van der Waals surface area contributed by atoms with E-state index in [0.717, 1.165) is 46.2 Å². The summed E-state index contributed by atoms with van der Waals surface area (Å²) in [4.78, 5) is 24.2. The molecule has 0 saturated heterocycles. The number of carbonyl (C=O) groups excluding carboxylic acids is 1. The van der Waals surface area contributed by atoms with Gasteiger partial charge in [0.2, 0.25) is 0 Å². The van der Waals surface area contributed by atoms with Crippen LogP contribution >= 0.6 is 0 Å². The lowest BCUT2D eigenvalue weighted by molar-refractivity contribution is -0.140. The van der Waals surface area contributed by atoms with E-state index in [2.05, 4.69) is 10.4 Å². The Morgan fingerprint density at radius 1 is 0.919 bits per heavy atom. The van der Waals surface area contributed by atoms with Gasteiger partial charge in [-0.15, -0.1) is 0 Å². The lowest BCUT2D eigenvalue weighted by atomic mass is 9.93. The van der Waals surface area contributed by atoms with Crippen molar-refractivity contribution in [2.45, 2.75) is 43.7 Å². The van der Waals surface area contributed by atoms with Gasteiger partial charge in [0.15, 0.2) is 0 Å². The number of carbonyl (C=O) groups is 2. The minimum Gasteiger partial charge on any atom is -0.481 e. The average molecular weight is 494 g/mol. The number of anilines is 1. The summed E-state index contributed by atoms with van der Waals surface area (Å²) in [6, 6.07) is 25.8. The summed E-state index contributed by atoms with van der Waals surface area (Å²) in [5.41, 5.74) is 4.91. The number of hydrogen-bond acceptors (Lipinski definition) is 4. The van der Waals surface area contributed by atoms with Crippen molar-refractivity contribution < 1.29 is 19.4 Å². The Hall–Kier alpha value is -4.39. The molecule has 2 aliphatic carbocycles. The zero-order valence-electron chi connectivity index (χ0n) is 20.3. The number of benzene rings is 3. The predicted octanol–water partition coefficient (Wildman–Crippen LogP) is 6.42. The fourth-order valence-corrected chi connectivity index (χ4v) is 4.72. The molecule has 1 aromatic heterocycles. The number of rotatable bonds is 8. The molecule has 7 heteroatoms. The normalized spacial score (nSPS) is 15.7. The highest BCUT2D eigenvalue weighted by atomic mass is 16.5. The van der Waals surface area contributed by atoms with E-state index < -0.39 is 17.5 Å². The highest BCUT2D eigenvalue weighted by Crippen LogP contribution is 2.48. The van der Waals surface area contributed by atoms with Crippen molar-refractivity contribution in [2.75, 3.05) is 5.32 Å². The summed E-state index contributed by atoms with van der Waals surface area (Å²) in [7, 11) is 0. The third-order valence-electron chi connectivity index (χ3n) is 7.25. The first-order valence-corrected chi connectivity index (χ1v) is 12.5. The molecule has 0 unspecified atom stereocenters. The van der Waals surface area contributed by atoms with Crippen LogP contribution in [0.25, 0.3) is 22.3 Å². The Bertz CT molecular complexity index is 1430. The smallest absolute Gasteiger partial charge is 0.413 e. The number of aliphatic carboxylic acids is 1. The average Bonchev–Trinajstić information content (AvgIpc) is 3.86. The molecule has 3 aromatic carbocycles. The molecule has 0 bridgehead atoms. The standard InChI is InChI=1S/C30H27N3O4/c34-28(35)30(16-17-30)24-12-10-22(11-13-24)21-6-8-23(9-7-21)26-18-31-33(25-14-15-25)27(26)32-29(36)37-19-20-4-2-1-3-5-20/h1-13,18,25H,14-17,19H2,(H,32,36)(H,34,35). The Morgan fingerprint density at radius 2 is 1.54 bits per heavy atom. The van der Waals surface area contributed by atoms with E-state index in [1.165, 1.54) is 0 Å². The molecule has 2 aliphatic rings. The SMILES string of the molecule is O=C(Nc1c(-c2ccc(-c3ccc(C4(C(=O)O)CC4)cc3)cc2)cnn1C1CC1)OCc1ccccc1. The van der Waals surface area contributed by atoms with Crippen molar-refractivity contribution in [3.05, 3.63) is 96.2 Å². The second-order valence-corrected chi connectivity index (χ2v) is 9.81. The van der Waals surface area contributed by atoms with Crippen molar-refractivity contribution in [1.29, 1.82) is 0 Å². The van der Waals surface area contributed by atoms with Crippen molar-refractivity contribution in [3.63, 3.8) is 0 Å². The number of nitrogens with zero attached hydrogens (tertiary/aromatic N) is 2. The second-order valence-electron chi connectivity index (χ2n) is 9.81. The number of carboxylic acids is 1. The molecule has 0 radical (unpaired) electrons. The molecular formula is C30H27N3O4. The van der Waals surface area contributed by atoms with Crippen LogP contribution in [0.2, 0.25) is 0 Å². The highest BCUT2D eigenvalue weighted by molar-refractivity contribution is 5.90. The Morgan fingerprint density at radius 3 is 2.14 bits per heavy atom. The minimum absolute atomic E-state index is 0.195. The van der Waals surface area contributed by atoms with Crippen LogP contribution in [-0.2, 0) is 21.6 Å². The van der Waals surface area contributed by atoms with E-state index in [1.807, 2.05) is 83.5 Å². The van der Waals surface area contributed by atoms with Gasteiger partial charge in [0.1, 0.15) is 12.4 Å². The first-order valence-electron chi connectivity index (χ1n) is 12.5. The quantitative estimate of drug-likeness (QED) is 0.296. The molecule has 2 N–H and O–H groups in total. The van der Waals surface area contributed by atoms with Gasteiger partial charge in [-0.3, -0.25) is 10.1 Å². The van der Waals surface area contributed by atoms with E-state index >= 15 is 0 Å². The summed E-state index contributed by atoms with van der Waals surface area (Å²) in [5, 5.41) is 17.0. The van der Waals surface area contributed by atoms with Crippen LogP contribution in [0.15, 0.2) is 85.1 Å². The first kappa shape index (κ1) is 23.0. The van der Waals surface area contributed by atoms with E-state index in [9.17, 15) is 14.7 Å². The lowest BCUT2D eigenvalue weighted by Crippen LogP contribution is -2.19. The molecule has 0 aliphatic heterocycles. The summed E-state index contributed by atoms with van der Waals surface area (Å²) in [6.07, 6.45) is 4.73. The van der Waals surface area contributed by atoms with Gasteiger partial charge in [-0.25, -0.2) is 9.48 Å². The van der Waals surface area contributed by atoms with Crippen LogP contribution < -0.4 is 5.32 Å². The summed E-state index contributed by atoms with van der Waals surface area (Å²) >= 11 is 0. The molecule has 0 atom stereocenters. The number of nitrogens with one attached hydrogen (secondary N) is 1. The van der Waals surface area contributed by atoms with E-state index in [-0.39, 0.29) is 12.6 Å². The van der Waals surface area contributed by atoms with Gasteiger partial charge in [0.05, 0.1) is 17.7 Å². The fourth-order valence-electron chi connectivity index (χ4n) is 4.72.